The molecule has 0 N–H and O–H groups in total. The van der Waals surface area contributed by atoms with Crippen LogP contribution >= 0.6 is 0 Å². The predicted octanol–water partition coefficient (Wildman–Crippen LogP) is 1.73. The lowest BCUT2D eigenvalue weighted by molar-refractivity contribution is -0.146. The molecule has 0 saturated carbocycles. The zero-order valence-electron chi connectivity index (χ0n) is 17.0. The molecule has 29 heavy (non-hydrogen) atoms. The van der Waals surface area contributed by atoms with Gasteiger partial charge in [-0.2, -0.15) is 0 Å². The summed E-state index contributed by atoms with van der Waals surface area (Å²) in [5.74, 6) is -0.656. The second-order valence-corrected chi connectivity index (χ2v) is 6.72. The molecule has 1 aromatic carbocycles. The van der Waals surface area contributed by atoms with E-state index in [4.69, 9.17) is 18.9 Å². The number of anilines is 1. The van der Waals surface area contributed by atoms with E-state index in [1.54, 1.807) is 13.8 Å². The zero-order chi connectivity index (χ0) is 20.6. The average molecular weight is 404 g/mol. The number of fused-ring (bicyclic) bond motifs is 1. The SMILES string of the molecule is CCOC(=O)C(=CN1CCOc2cc(CN3CCOCC3)ccc21)C(=O)OCC. The molecule has 0 spiro atoms. The van der Waals surface area contributed by atoms with Gasteiger partial charge in [0.05, 0.1) is 38.7 Å². The summed E-state index contributed by atoms with van der Waals surface area (Å²) in [4.78, 5) is 28.7. The van der Waals surface area contributed by atoms with Crippen LogP contribution in [0.5, 0.6) is 5.75 Å². The first-order chi connectivity index (χ1) is 14.1. The van der Waals surface area contributed by atoms with Crippen LogP contribution in [0.4, 0.5) is 5.69 Å². The molecule has 0 aliphatic carbocycles. The minimum atomic E-state index is -0.692. The van der Waals surface area contributed by atoms with Crippen LogP contribution in [0.25, 0.3) is 0 Å². The van der Waals surface area contributed by atoms with Gasteiger partial charge in [-0.3, -0.25) is 4.90 Å². The Kier molecular flexibility index (Phi) is 7.48. The molecular formula is C21H28N2O6. The summed E-state index contributed by atoms with van der Waals surface area (Å²) in [6.45, 7) is 8.87. The molecule has 2 heterocycles. The number of hydrogen-bond donors (Lipinski definition) is 0. The topological polar surface area (TPSA) is 77.5 Å². The highest BCUT2D eigenvalue weighted by Crippen LogP contribution is 2.33. The van der Waals surface area contributed by atoms with Crippen molar-refractivity contribution in [3.8, 4) is 5.75 Å². The number of ether oxygens (including phenoxy) is 4. The van der Waals surface area contributed by atoms with E-state index in [0.29, 0.717) is 13.2 Å². The van der Waals surface area contributed by atoms with Crippen molar-refractivity contribution in [2.24, 2.45) is 0 Å². The number of nitrogens with zero attached hydrogens (tertiary/aromatic N) is 2. The van der Waals surface area contributed by atoms with Gasteiger partial charge in [0, 0.05) is 25.8 Å². The predicted molar refractivity (Wildman–Crippen MR) is 107 cm³/mol. The largest absolute Gasteiger partial charge is 0.490 e. The van der Waals surface area contributed by atoms with Crippen molar-refractivity contribution in [2.45, 2.75) is 20.4 Å². The lowest BCUT2D eigenvalue weighted by Crippen LogP contribution is -2.35. The molecule has 0 amide bonds. The molecule has 0 atom stereocenters. The first kappa shape index (κ1) is 21.1. The maximum absolute atomic E-state index is 12.3. The molecule has 3 rings (SSSR count). The number of esters is 2. The van der Waals surface area contributed by atoms with Crippen molar-refractivity contribution in [1.82, 2.24) is 4.90 Å². The third-order valence-corrected chi connectivity index (χ3v) is 4.71. The fourth-order valence-electron chi connectivity index (χ4n) is 3.30. The molecule has 0 aromatic heterocycles. The van der Waals surface area contributed by atoms with Crippen LogP contribution in [0, 0.1) is 0 Å². The highest BCUT2D eigenvalue weighted by Gasteiger charge is 2.25. The zero-order valence-corrected chi connectivity index (χ0v) is 17.0. The smallest absolute Gasteiger partial charge is 0.347 e. The molecule has 8 nitrogen and oxygen atoms in total. The van der Waals surface area contributed by atoms with E-state index in [9.17, 15) is 9.59 Å². The van der Waals surface area contributed by atoms with Crippen molar-refractivity contribution >= 4 is 17.6 Å². The average Bonchev–Trinajstić information content (AvgIpc) is 2.73. The minimum Gasteiger partial charge on any atom is -0.490 e. The molecule has 0 bridgehead atoms. The quantitative estimate of drug-likeness (QED) is 0.294. The number of hydrogen-bond acceptors (Lipinski definition) is 8. The lowest BCUT2D eigenvalue weighted by Gasteiger charge is -2.30. The van der Waals surface area contributed by atoms with Gasteiger partial charge < -0.3 is 23.8 Å². The Morgan fingerprint density at radius 2 is 1.72 bits per heavy atom. The third-order valence-electron chi connectivity index (χ3n) is 4.71. The standard InChI is InChI=1S/C21H28N2O6/c1-3-27-20(24)17(21(25)28-4-2)15-23-9-12-29-19-13-16(5-6-18(19)23)14-22-7-10-26-11-8-22/h5-6,13,15H,3-4,7-12,14H2,1-2H3. The maximum atomic E-state index is 12.3. The molecule has 0 radical (unpaired) electrons. The fraction of sp³-hybridized carbons (Fsp3) is 0.524. The summed E-state index contributed by atoms with van der Waals surface area (Å²) in [5.41, 5.74) is 1.82. The lowest BCUT2D eigenvalue weighted by atomic mass is 10.1. The van der Waals surface area contributed by atoms with E-state index in [1.165, 1.54) is 6.20 Å². The number of carbonyl (C=O) groups is 2. The Bertz CT molecular complexity index is 738. The Hall–Kier alpha value is -2.58. The molecule has 8 heteroatoms. The van der Waals surface area contributed by atoms with Gasteiger partial charge in [-0.1, -0.05) is 6.07 Å². The maximum Gasteiger partial charge on any atom is 0.347 e. The van der Waals surface area contributed by atoms with Crippen LogP contribution in [0.3, 0.4) is 0 Å². The summed E-state index contributed by atoms with van der Waals surface area (Å²) in [6.07, 6.45) is 1.50. The van der Waals surface area contributed by atoms with Gasteiger partial charge in [-0.05, 0) is 31.5 Å². The van der Waals surface area contributed by atoms with E-state index in [1.807, 2.05) is 23.1 Å². The summed E-state index contributed by atoms with van der Waals surface area (Å²) >= 11 is 0. The Balaban J connectivity index is 1.81. The highest BCUT2D eigenvalue weighted by molar-refractivity contribution is 6.14. The van der Waals surface area contributed by atoms with Gasteiger partial charge >= 0.3 is 11.9 Å². The molecule has 1 saturated heterocycles. The van der Waals surface area contributed by atoms with Gasteiger partial charge in [0.25, 0.3) is 0 Å². The van der Waals surface area contributed by atoms with Crippen molar-refractivity contribution in [3.05, 3.63) is 35.5 Å². The van der Waals surface area contributed by atoms with Crippen molar-refractivity contribution in [2.75, 3.05) is 57.6 Å². The van der Waals surface area contributed by atoms with Crippen LogP contribution < -0.4 is 9.64 Å². The molecule has 2 aliphatic rings. The molecule has 1 fully saturated rings. The van der Waals surface area contributed by atoms with Crippen LogP contribution in [-0.2, 0) is 30.3 Å². The van der Waals surface area contributed by atoms with Gasteiger partial charge in [-0.25, -0.2) is 9.59 Å². The number of morpholine rings is 1. The number of benzene rings is 1. The summed E-state index contributed by atoms with van der Waals surface area (Å²) < 4.78 is 21.3. The van der Waals surface area contributed by atoms with E-state index in [2.05, 4.69) is 4.90 Å². The number of carbonyl (C=O) groups excluding carboxylic acids is 2. The summed E-state index contributed by atoms with van der Waals surface area (Å²) in [6, 6.07) is 6.01. The Morgan fingerprint density at radius 1 is 1.03 bits per heavy atom. The van der Waals surface area contributed by atoms with Crippen LogP contribution in [0.15, 0.2) is 30.0 Å². The monoisotopic (exact) mass is 404 g/mol. The van der Waals surface area contributed by atoms with Gasteiger partial charge in [0.15, 0.2) is 5.57 Å². The van der Waals surface area contributed by atoms with Crippen LogP contribution in [-0.4, -0.2) is 69.5 Å². The third kappa shape index (κ3) is 5.48. The Morgan fingerprint density at radius 3 is 2.38 bits per heavy atom. The molecule has 158 valence electrons. The van der Waals surface area contributed by atoms with E-state index in [-0.39, 0.29) is 18.8 Å². The first-order valence-electron chi connectivity index (χ1n) is 10.0. The van der Waals surface area contributed by atoms with Crippen molar-refractivity contribution < 1.29 is 28.5 Å². The second kappa shape index (κ2) is 10.3. The molecule has 0 unspecified atom stereocenters. The van der Waals surface area contributed by atoms with E-state index >= 15 is 0 Å². The van der Waals surface area contributed by atoms with Gasteiger partial charge in [0.2, 0.25) is 0 Å². The number of rotatable bonds is 7. The van der Waals surface area contributed by atoms with Crippen molar-refractivity contribution in [1.29, 1.82) is 0 Å². The van der Waals surface area contributed by atoms with Crippen molar-refractivity contribution in [3.63, 3.8) is 0 Å². The van der Waals surface area contributed by atoms with Crippen LogP contribution in [0.2, 0.25) is 0 Å². The molecule has 1 aromatic rings. The highest BCUT2D eigenvalue weighted by atomic mass is 16.6. The fourth-order valence-corrected chi connectivity index (χ4v) is 3.30. The van der Waals surface area contributed by atoms with E-state index < -0.39 is 11.9 Å². The Labute approximate surface area is 171 Å². The molecular weight excluding hydrogens is 376 g/mol. The second-order valence-electron chi connectivity index (χ2n) is 6.72. The van der Waals surface area contributed by atoms with E-state index in [0.717, 1.165) is 49.8 Å². The van der Waals surface area contributed by atoms with Gasteiger partial charge in [-0.15, -0.1) is 0 Å². The molecule has 2 aliphatic heterocycles. The van der Waals surface area contributed by atoms with Gasteiger partial charge in [0.1, 0.15) is 12.4 Å². The summed E-state index contributed by atoms with van der Waals surface area (Å²) in [5, 5.41) is 0. The normalized spacial score (nSPS) is 16.4. The van der Waals surface area contributed by atoms with Crippen LogP contribution in [0.1, 0.15) is 19.4 Å². The minimum absolute atomic E-state index is 0.126. The first-order valence-corrected chi connectivity index (χ1v) is 10.0. The summed E-state index contributed by atoms with van der Waals surface area (Å²) in [7, 11) is 0.